The summed E-state index contributed by atoms with van der Waals surface area (Å²) >= 11 is 0. The third-order valence-electron chi connectivity index (χ3n) is 7.60. The molecule has 0 aliphatic heterocycles. The van der Waals surface area contributed by atoms with Crippen molar-refractivity contribution in [1.29, 1.82) is 0 Å². The molecule has 202 valence electrons. The lowest BCUT2D eigenvalue weighted by Crippen LogP contribution is -2.43. The van der Waals surface area contributed by atoms with Crippen LogP contribution in [0.2, 0.25) is 0 Å². The highest BCUT2D eigenvalue weighted by molar-refractivity contribution is 5.97. The number of amides is 2. The predicted molar refractivity (Wildman–Crippen MR) is 152 cm³/mol. The van der Waals surface area contributed by atoms with Crippen molar-refractivity contribution in [2.45, 2.75) is 64.2 Å². The summed E-state index contributed by atoms with van der Waals surface area (Å²) in [7, 11) is 1.55. The van der Waals surface area contributed by atoms with Crippen molar-refractivity contribution in [3.8, 4) is 5.75 Å². The molecule has 7 nitrogen and oxygen atoms in total. The van der Waals surface area contributed by atoms with E-state index in [1.807, 2.05) is 66.1 Å². The second kappa shape index (κ2) is 12.2. The van der Waals surface area contributed by atoms with Crippen molar-refractivity contribution in [3.05, 3.63) is 95.8 Å². The number of benzene rings is 3. The molecule has 3 aromatic carbocycles. The molecule has 0 radical (unpaired) electrons. The maximum absolute atomic E-state index is 14.0. The second-order valence-electron chi connectivity index (χ2n) is 10.2. The largest absolute Gasteiger partial charge is 0.496 e. The van der Waals surface area contributed by atoms with Crippen molar-refractivity contribution in [2.75, 3.05) is 7.11 Å². The molecule has 1 atom stereocenters. The number of rotatable bonds is 9. The van der Waals surface area contributed by atoms with E-state index in [0.717, 1.165) is 42.3 Å². The van der Waals surface area contributed by atoms with Gasteiger partial charge in [0.1, 0.15) is 18.1 Å². The normalized spacial score (nSPS) is 14.6. The van der Waals surface area contributed by atoms with Crippen LogP contribution in [-0.4, -0.2) is 39.4 Å². The Morgan fingerprint density at radius 2 is 1.67 bits per heavy atom. The molecule has 1 aliphatic rings. The second-order valence-corrected chi connectivity index (χ2v) is 10.2. The number of ether oxygens (including phenoxy) is 1. The first-order valence-corrected chi connectivity index (χ1v) is 13.8. The van der Waals surface area contributed by atoms with E-state index < -0.39 is 6.04 Å². The van der Waals surface area contributed by atoms with Crippen molar-refractivity contribution < 1.29 is 14.3 Å². The molecule has 2 amide bonds. The van der Waals surface area contributed by atoms with Crippen LogP contribution in [0.25, 0.3) is 11.0 Å². The standard InChI is InChI=1S/C32H36N4O3/c1-23(33-32(38)26-17-9-12-20-29(26)39-2)31-34-27-18-10-11-19-28(27)36(31)22-30(37)35(25-15-7-4-8-16-25)21-24-13-5-3-6-14-24/h3,5-6,9-14,17-20,23,25H,4,7-8,15-16,21-22H2,1-2H3,(H,33,38). The van der Waals surface area contributed by atoms with Crippen LogP contribution in [0.15, 0.2) is 78.9 Å². The van der Waals surface area contributed by atoms with E-state index in [1.54, 1.807) is 19.2 Å². The Hall–Kier alpha value is -4.13. The summed E-state index contributed by atoms with van der Waals surface area (Å²) in [5.74, 6) is 0.974. The fraction of sp³-hybridized carbons (Fsp3) is 0.344. The monoisotopic (exact) mass is 524 g/mol. The molecule has 0 bridgehead atoms. The number of hydrogen-bond acceptors (Lipinski definition) is 4. The minimum absolute atomic E-state index is 0.0680. The highest BCUT2D eigenvalue weighted by atomic mass is 16.5. The molecular formula is C32H36N4O3. The third kappa shape index (κ3) is 5.98. The van der Waals surface area contributed by atoms with Gasteiger partial charge in [-0.2, -0.15) is 0 Å². The van der Waals surface area contributed by atoms with Gasteiger partial charge in [0.15, 0.2) is 0 Å². The Balaban J connectivity index is 1.43. The zero-order valence-corrected chi connectivity index (χ0v) is 22.7. The van der Waals surface area contributed by atoms with Gasteiger partial charge >= 0.3 is 0 Å². The summed E-state index contributed by atoms with van der Waals surface area (Å²) in [4.78, 5) is 34.1. The van der Waals surface area contributed by atoms with Crippen LogP contribution in [0.3, 0.4) is 0 Å². The highest BCUT2D eigenvalue weighted by Gasteiger charge is 2.28. The van der Waals surface area contributed by atoms with Gasteiger partial charge in [-0.25, -0.2) is 4.98 Å². The van der Waals surface area contributed by atoms with Gasteiger partial charge in [0.2, 0.25) is 5.91 Å². The Morgan fingerprint density at radius 1 is 0.974 bits per heavy atom. The van der Waals surface area contributed by atoms with Crippen LogP contribution in [0.5, 0.6) is 5.75 Å². The van der Waals surface area contributed by atoms with Crippen molar-refractivity contribution >= 4 is 22.8 Å². The summed E-state index contributed by atoms with van der Waals surface area (Å²) in [6.07, 6.45) is 5.58. The average molecular weight is 525 g/mol. The SMILES string of the molecule is COc1ccccc1C(=O)NC(C)c1nc2ccccc2n1CC(=O)N(Cc1ccccc1)C1CCCCC1. The van der Waals surface area contributed by atoms with Crippen LogP contribution in [0.4, 0.5) is 0 Å². The van der Waals surface area contributed by atoms with Gasteiger partial charge < -0.3 is 19.5 Å². The summed E-state index contributed by atoms with van der Waals surface area (Å²) in [5, 5.41) is 3.07. The van der Waals surface area contributed by atoms with Gasteiger partial charge in [0.25, 0.3) is 5.91 Å². The predicted octanol–water partition coefficient (Wildman–Crippen LogP) is 5.90. The Labute approximate surface area is 229 Å². The smallest absolute Gasteiger partial charge is 0.255 e. The molecular weight excluding hydrogens is 488 g/mol. The number of nitrogens with zero attached hydrogens (tertiary/aromatic N) is 3. The lowest BCUT2D eigenvalue weighted by molar-refractivity contribution is -0.135. The summed E-state index contributed by atoms with van der Waals surface area (Å²) < 4.78 is 7.34. The number of methoxy groups -OCH3 is 1. The quantitative estimate of drug-likeness (QED) is 0.296. The Morgan fingerprint density at radius 3 is 2.44 bits per heavy atom. The van der Waals surface area contributed by atoms with Crippen LogP contribution >= 0.6 is 0 Å². The number of fused-ring (bicyclic) bond motifs is 1. The molecule has 1 N–H and O–H groups in total. The number of para-hydroxylation sites is 3. The molecule has 0 saturated heterocycles. The minimum Gasteiger partial charge on any atom is -0.496 e. The van der Waals surface area contributed by atoms with E-state index in [2.05, 4.69) is 22.3 Å². The van der Waals surface area contributed by atoms with Crippen LogP contribution < -0.4 is 10.1 Å². The molecule has 1 aliphatic carbocycles. The fourth-order valence-corrected chi connectivity index (χ4v) is 5.58. The zero-order valence-electron chi connectivity index (χ0n) is 22.7. The van der Waals surface area contributed by atoms with Crippen LogP contribution in [0, 0.1) is 0 Å². The highest BCUT2D eigenvalue weighted by Crippen LogP contribution is 2.27. The number of carbonyl (C=O) groups excluding carboxylic acids is 2. The van der Waals surface area contributed by atoms with Gasteiger partial charge in [0.05, 0.1) is 29.7 Å². The Kier molecular flexibility index (Phi) is 8.25. The number of carbonyl (C=O) groups is 2. The van der Waals surface area contributed by atoms with E-state index >= 15 is 0 Å². The molecule has 1 fully saturated rings. The molecule has 1 unspecified atom stereocenters. The maximum atomic E-state index is 14.0. The van der Waals surface area contributed by atoms with Crippen molar-refractivity contribution in [2.24, 2.45) is 0 Å². The van der Waals surface area contributed by atoms with E-state index in [0.29, 0.717) is 23.7 Å². The van der Waals surface area contributed by atoms with Gasteiger partial charge in [-0.3, -0.25) is 9.59 Å². The number of imidazole rings is 1. The molecule has 39 heavy (non-hydrogen) atoms. The van der Waals surface area contributed by atoms with Crippen molar-refractivity contribution in [1.82, 2.24) is 19.8 Å². The lowest BCUT2D eigenvalue weighted by Gasteiger charge is -2.35. The number of hydrogen-bond donors (Lipinski definition) is 1. The molecule has 1 saturated carbocycles. The van der Waals surface area contributed by atoms with Gasteiger partial charge in [-0.05, 0) is 49.6 Å². The number of aromatic nitrogens is 2. The Bertz CT molecular complexity index is 1430. The molecule has 1 heterocycles. The molecule has 5 rings (SSSR count). The summed E-state index contributed by atoms with van der Waals surface area (Å²) in [6.45, 7) is 2.65. The van der Waals surface area contributed by atoms with E-state index in [9.17, 15) is 9.59 Å². The van der Waals surface area contributed by atoms with E-state index in [4.69, 9.17) is 9.72 Å². The van der Waals surface area contributed by atoms with E-state index in [-0.39, 0.29) is 24.4 Å². The minimum atomic E-state index is -0.431. The molecule has 0 spiro atoms. The van der Waals surface area contributed by atoms with E-state index in [1.165, 1.54) is 6.42 Å². The summed E-state index contributed by atoms with van der Waals surface area (Å²) in [6, 6.07) is 25.0. The zero-order chi connectivity index (χ0) is 27.2. The van der Waals surface area contributed by atoms with Crippen LogP contribution in [-0.2, 0) is 17.9 Å². The topological polar surface area (TPSA) is 76.5 Å². The van der Waals surface area contributed by atoms with Gasteiger partial charge in [-0.15, -0.1) is 0 Å². The summed E-state index contributed by atoms with van der Waals surface area (Å²) in [5.41, 5.74) is 3.26. The fourth-order valence-electron chi connectivity index (χ4n) is 5.58. The van der Waals surface area contributed by atoms with Crippen LogP contribution in [0.1, 0.15) is 66.8 Å². The van der Waals surface area contributed by atoms with Gasteiger partial charge in [0, 0.05) is 12.6 Å². The molecule has 7 heteroatoms. The molecule has 4 aromatic rings. The third-order valence-corrected chi connectivity index (χ3v) is 7.60. The first-order valence-electron chi connectivity index (χ1n) is 13.8. The lowest BCUT2D eigenvalue weighted by atomic mass is 9.93. The molecule has 1 aromatic heterocycles. The maximum Gasteiger partial charge on any atom is 0.255 e. The number of nitrogens with one attached hydrogen (secondary N) is 1. The first kappa shape index (κ1) is 26.5. The first-order chi connectivity index (χ1) is 19.0. The van der Waals surface area contributed by atoms with Crippen molar-refractivity contribution in [3.63, 3.8) is 0 Å². The average Bonchev–Trinajstić information content (AvgIpc) is 3.35. The van der Waals surface area contributed by atoms with Gasteiger partial charge in [-0.1, -0.05) is 73.9 Å².